The fourth-order valence-corrected chi connectivity index (χ4v) is 1.30. The number of halogens is 2. The molecule has 1 heterocycles. The molecular formula is C10H7F2N. The normalized spacial score (nSPS) is 10.7. The topological polar surface area (TPSA) is 12.9 Å². The molecule has 0 aliphatic rings. The molecular weight excluding hydrogens is 172 g/mol. The number of benzene rings is 1. The van der Waals surface area contributed by atoms with Crippen molar-refractivity contribution in [3.05, 3.63) is 41.6 Å². The lowest BCUT2D eigenvalue weighted by Crippen LogP contribution is -1.90. The Morgan fingerprint density at radius 2 is 1.92 bits per heavy atom. The van der Waals surface area contributed by atoms with Crippen molar-refractivity contribution in [2.45, 2.75) is 6.92 Å². The van der Waals surface area contributed by atoms with Crippen LogP contribution in [0.3, 0.4) is 0 Å². The summed E-state index contributed by atoms with van der Waals surface area (Å²) >= 11 is 0. The molecule has 0 saturated carbocycles. The van der Waals surface area contributed by atoms with Gasteiger partial charge in [-0.25, -0.2) is 8.78 Å². The molecule has 1 aromatic heterocycles. The fourth-order valence-electron chi connectivity index (χ4n) is 1.30. The second kappa shape index (κ2) is 2.76. The molecule has 0 bridgehead atoms. The van der Waals surface area contributed by atoms with Gasteiger partial charge in [-0.3, -0.25) is 4.98 Å². The second-order valence-corrected chi connectivity index (χ2v) is 2.89. The van der Waals surface area contributed by atoms with Crippen LogP contribution in [0.1, 0.15) is 5.56 Å². The number of rotatable bonds is 0. The van der Waals surface area contributed by atoms with Crippen molar-refractivity contribution in [1.29, 1.82) is 0 Å². The maximum Gasteiger partial charge on any atom is 0.184 e. The zero-order valence-electron chi connectivity index (χ0n) is 7.01. The molecule has 1 nitrogen and oxygen atoms in total. The van der Waals surface area contributed by atoms with Crippen LogP contribution in [0.5, 0.6) is 0 Å². The predicted octanol–water partition coefficient (Wildman–Crippen LogP) is 2.82. The van der Waals surface area contributed by atoms with Crippen LogP contribution in [0.25, 0.3) is 10.9 Å². The van der Waals surface area contributed by atoms with Crippen molar-refractivity contribution in [1.82, 2.24) is 4.98 Å². The number of hydrogen-bond donors (Lipinski definition) is 0. The molecule has 0 spiro atoms. The zero-order chi connectivity index (χ0) is 9.42. The summed E-state index contributed by atoms with van der Waals surface area (Å²) in [6.07, 6.45) is 1.47. The highest BCUT2D eigenvalue weighted by Crippen LogP contribution is 2.20. The lowest BCUT2D eigenvalue weighted by molar-refractivity contribution is 0.515. The smallest absolute Gasteiger partial charge is 0.184 e. The standard InChI is InChI=1S/C10H7F2N/c1-6-4-5-13-10-7(6)2-3-8(11)9(10)12/h2-5H,1H3. The average Bonchev–Trinajstić information content (AvgIpc) is 2.12. The Balaban J connectivity index is 2.94. The first kappa shape index (κ1) is 8.10. The Kier molecular flexibility index (Phi) is 1.72. The Hall–Kier alpha value is -1.51. The van der Waals surface area contributed by atoms with Crippen LogP contribution in [0.4, 0.5) is 8.78 Å². The predicted molar refractivity (Wildman–Crippen MR) is 46.4 cm³/mol. The van der Waals surface area contributed by atoms with Gasteiger partial charge >= 0.3 is 0 Å². The maximum atomic E-state index is 13.1. The second-order valence-electron chi connectivity index (χ2n) is 2.89. The maximum absolute atomic E-state index is 13.1. The van der Waals surface area contributed by atoms with E-state index in [-0.39, 0.29) is 5.52 Å². The van der Waals surface area contributed by atoms with Gasteiger partial charge in [-0.2, -0.15) is 0 Å². The minimum atomic E-state index is -0.874. The molecule has 3 heteroatoms. The Morgan fingerprint density at radius 3 is 2.69 bits per heavy atom. The third-order valence-corrected chi connectivity index (χ3v) is 2.02. The lowest BCUT2D eigenvalue weighted by atomic mass is 10.1. The van der Waals surface area contributed by atoms with Gasteiger partial charge in [0.2, 0.25) is 0 Å². The first-order valence-electron chi connectivity index (χ1n) is 3.89. The molecule has 0 aliphatic carbocycles. The largest absolute Gasteiger partial charge is 0.253 e. The lowest BCUT2D eigenvalue weighted by Gasteiger charge is -2.01. The van der Waals surface area contributed by atoms with Crippen molar-refractivity contribution < 1.29 is 8.78 Å². The van der Waals surface area contributed by atoms with E-state index in [1.807, 2.05) is 6.92 Å². The Bertz CT molecular complexity index is 466. The monoisotopic (exact) mass is 179 g/mol. The highest BCUT2D eigenvalue weighted by molar-refractivity contribution is 5.82. The summed E-state index contributed by atoms with van der Waals surface area (Å²) in [5, 5.41) is 0.654. The number of nitrogens with zero attached hydrogens (tertiary/aromatic N) is 1. The molecule has 0 N–H and O–H groups in total. The van der Waals surface area contributed by atoms with E-state index in [0.29, 0.717) is 5.39 Å². The van der Waals surface area contributed by atoms with Crippen LogP contribution in [0, 0.1) is 18.6 Å². The first-order chi connectivity index (χ1) is 6.20. The fraction of sp³-hybridized carbons (Fsp3) is 0.100. The summed E-state index contributed by atoms with van der Waals surface area (Å²) in [6, 6.07) is 4.42. The van der Waals surface area contributed by atoms with E-state index in [4.69, 9.17) is 0 Å². The van der Waals surface area contributed by atoms with E-state index < -0.39 is 11.6 Å². The van der Waals surface area contributed by atoms with E-state index in [0.717, 1.165) is 11.6 Å². The molecule has 0 atom stereocenters. The van der Waals surface area contributed by atoms with E-state index >= 15 is 0 Å². The minimum Gasteiger partial charge on any atom is -0.253 e. The summed E-state index contributed by atoms with van der Waals surface area (Å²) in [7, 11) is 0. The quantitative estimate of drug-likeness (QED) is 0.606. The molecule has 66 valence electrons. The molecule has 1 aromatic carbocycles. The Morgan fingerprint density at radius 1 is 1.15 bits per heavy atom. The van der Waals surface area contributed by atoms with Gasteiger partial charge in [0.05, 0.1) is 0 Å². The molecule has 0 fully saturated rings. The van der Waals surface area contributed by atoms with Gasteiger partial charge in [-0.15, -0.1) is 0 Å². The molecule has 13 heavy (non-hydrogen) atoms. The van der Waals surface area contributed by atoms with Crippen molar-refractivity contribution in [3.8, 4) is 0 Å². The van der Waals surface area contributed by atoms with Gasteiger partial charge in [-0.05, 0) is 30.7 Å². The summed E-state index contributed by atoms with van der Waals surface area (Å²) in [5.74, 6) is -1.73. The molecule has 2 rings (SSSR count). The number of aryl methyl sites for hydroxylation is 1. The minimum absolute atomic E-state index is 0.0972. The van der Waals surface area contributed by atoms with E-state index in [2.05, 4.69) is 4.98 Å². The van der Waals surface area contributed by atoms with Gasteiger partial charge in [0.1, 0.15) is 5.52 Å². The Labute approximate surface area is 74.0 Å². The summed E-state index contributed by atoms with van der Waals surface area (Å²) < 4.78 is 25.9. The van der Waals surface area contributed by atoms with E-state index in [1.54, 1.807) is 6.07 Å². The molecule has 0 amide bonds. The van der Waals surface area contributed by atoms with Gasteiger partial charge in [-0.1, -0.05) is 0 Å². The SMILES string of the molecule is Cc1ccnc2c(F)c(F)ccc12. The highest BCUT2D eigenvalue weighted by Gasteiger charge is 2.08. The van der Waals surface area contributed by atoms with Crippen molar-refractivity contribution in [2.24, 2.45) is 0 Å². The van der Waals surface area contributed by atoms with Crippen molar-refractivity contribution in [2.75, 3.05) is 0 Å². The third-order valence-electron chi connectivity index (χ3n) is 2.02. The van der Waals surface area contributed by atoms with Gasteiger partial charge in [0.15, 0.2) is 11.6 Å². The zero-order valence-corrected chi connectivity index (χ0v) is 7.01. The summed E-state index contributed by atoms with van der Waals surface area (Å²) in [5.41, 5.74) is 0.990. The van der Waals surface area contributed by atoms with Crippen LogP contribution < -0.4 is 0 Å². The van der Waals surface area contributed by atoms with Crippen LogP contribution >= 0.6 is 0 Å². The number of aromatic nitrogens is 1. The molecule has 0 saturated heterocycles. The van der Waals surface area contributed by atoms with Crippen LogP contribution in [-0.2, 0) is 0 Å². The highest BCUT2D eigenvalue weighted by atomic mass is 19.2. The van der Waals surface area contributed by atoms with Gasteiger partial charge in [0.25, 0.3) is 0 Å². The number of fused-ring (bicyclic) bond motifs is 1. The van der Waals surface area contributed by atoms with E-state index in [9.17, 15) is 8.78 Å². The van der Waals surface area contributed by atoms with E-state index in [1.165, 1.54) is 12.3 Å². The van der Waals surface area contributed by atoms with Crippen LogP contribution in [-0.4, -0.2) is 4.98 Å². The molecule has 0 unspecified atom stereocenters. The third kappa shape index (κ3) is 1.16. The molecule has 0 radical (unpaired) electrons. The van der Waals surface area contributed by atoms with Gasteiger partial charge in [0, 0.05) is 11.6 Å². The summed E-state index contributed by atoms with van der Waals surface area (Å²) in [6.45, 7) is 1.83. The van der Waals surface area contributed by atoms with Crippen molar-refractivity contribution in [3.63, 3.8) is 0 Å². The van der Waals surface area contributed by atoms with Crippen molar-refractivity contribution >= 4 is 10.9 Å². The molecule has 0 aliphatic heterocycles. The molecule has 2 aromatic rings. The number of hydrogen-bond acceptors (Lipinski definition) is 1. The summed E-state index contributed by atoms with van der Waals surface area (Å²) in [4.78, 5) is 3.79. The van der Waals surface area contributed by atoms with Gasteiger partial charge < -0.3 is 0 Å². The average molecular weight is 179 g/mol. The van der Waals surface area contributed by atoms with Crippen LogP contribution in [0.15, 0.2) is 24.4 Å². The number of pyridine rings is 1. The first-order valence-corrected chi connectivity index (χ1v) is 3.89. The van der Waals surface area contributed by atoms with Crippen LogP contribution in [0.2, 0.25) is 0 Å².